The highest BCUT2D eigenvalue weighted by Crippen LogP contribution is 2.14. The van der Waals surface area contributed by atoms with E-state index in [0.717, 1.165) is 12.8 Å². The Kier molecular flexibility index (Phi) is 22.6. The first-order chi connectivity index (χ1) is 16.7. The molecule has 0 radical (unpaired) electrons. The third kappa shape index (κ3) is 27.3. The van der Waals surface area contributed by atoms with Gasteiger partial charge in [0.05, 0.1) is 18.8 Å². The van der Waals surface area contributed by atoms with Gasteiger partial charge in [-0.1, -0.05) is 103 Å². The molecule has 0 rings (SSSR count). The molecule has 0 aliphatic heterocycles. The summed E-state index contributed by atoms with van der Waals surface area (Å²) in [6.07, 6.45) is 21.9. The number of carbonyl (C=O) groups excluding carboxylic acids is 2. The van der Waals surface area contributed by atoms with Crippen molar-refractivity contribution < 1.29 is 23.8 Å². The SMILES string of the molecule is CCCCCCCCCCCCCCCCCCOC(=O)CCCC(=O)OC(C)COC(C)(C)C. The van der Waals surface area contributed by atoms with Crippen LogP contribution in [0.15, 0.2) is 0 Å². The van der Waals surface area contributed by atoms with Crippen molar-refractivity contribution in [3.63, 3.8) is 0 Å². The van der Waals surface area contributed by atoms with Gasteiger partial charge in [-0.3, -0.25) is 9.59 Å². The Morgan fingerprint density at radius 1 is 0.629 bits per heavy atom. The van der Waals surface area contributed by atoms with Crippen molar-refractivity contribution in [3.8, 4) is 0 Å². The summed E-state index contributed by atoms with van der Waals surface area (Å²) in [6.45, 7) is 10.8. The summed E-state index contributed by atoms with van der Waals surface area (Å²) in [4.78, 5) is 23.7. The molecule has 0 fully saturated rings. The summed E-state index contributed by atoms with van der Waals surface area (Å²) in [6, 6.07) is 0. The highest BCUT2D eigenvalue weighted by Gasteiger charge is 2.15. The Balaban J connectivity index is 3.37. The fraction of sp³-hybridized carbons (Fsp3) is 0.933. The van der Waals surface area contributed by atoms with Crippen molar-refractivity contribution in [1.82, 2.24) is 0 Å². The van der Waals surface area contributed by atoms with Crippen molar-refractivity contribution in [1.29, 1.82) is 0 Å². The third-order valence-corrected chi connectivity index (χ3v) is 6.11. The molecular formula is C30H58O5. The summed E-state index contributed by atoms with van der Waals surface area (Å²) in [5, 5.41) is 0. The minimum atomic E-state index is -0.291. The monoisotopic (exact) mass is 498 g/mol. The minimum absolute atomic E-state index is 0.220. The minimum Gasteiger partial charge on any atom is -0.466 e. The average Bonchev–Trinajstić information content (AvgIpc) is 2.79. The van der Waals surface area contributed by atoms with E-state index in [1.165, 1.54) is 89.9 Å². The van der Waals surface area contributed by atoms with E-state index < -0.39 is 0 Å². The summed E-state index contributed by atoms with van der Waals surface area (Å²) in [5.41, 5.74) is -0.253. The predicted octanol–water partition coefficient (Wildman–Crippen LogP) is 8.71. The second kappa shape index (κ2) is 23.3. The van der Waals surface area contributed by atoms with Crippen molar-refractivity contribution >= 4 is 11.9 Å². The van der Waals surface area contributed by atoms with Crippen molar-refractivity contribution in [2.75, 3.05) is 13.2 Å². The quantitative estimate of drug-likeness (QED) is 0.0983. The molecule has 0 aromatic carbocycles. The van der Waals surface area contributed by atoms with Gasteiger partial charge in [0.1, 0.15) is 6.10 Å². The molecule has 0 aromatic heterocycles. The first kappa shape index (κ1) is 33.9. The summed E-state index contributed by atoms with van der Waals surface area (Å²) < 4.78 is 16.2. The third-order valence-electron chi connectivity index (χ3n) is 6.11. The van der Waals surface area contributed by atoms with Crippen LogP contribution in [0.1, 0.15) is 157 Å². The Bertz CT molecular complexity index is 497. The smallest absolute Gasteiger partial charge is 0.306 e. The van der Waals surface area contributed by atoms with Gasteiger partial charge in [-0.05, 0) is 40.5 Å². The maximum atomic E-state index is 11.9. The van der Waals surface area contributed by atoms with Gasteiger partial charge in [0, 0.05) is 12.8 Å². The molecule has 0 saturated carbocycles. The molecular weight excluding hydrogens is 440 g/mol. The highest BCUT2D eigenvalue weighted by molar-refractivity contribution is 5.72. The number of ether oxygens (including phenoxy) is 3. The number of carbonyl (C=O) groups is 2. The average molecular weight is 499 g/mol. The van der Waals surface area contributed by atoms with E-state index in [1.807, 2.05) is 27.7 Å². The first-order valence-electron chi connectivity index (χ1n) is 14.7. The zero-order valence-corrected chi connectivity index (χ0v) is 24.0. The standard InChI is InChI=1S/C30H58O5/c1-6-7-8-9-10-11-12-13-14-15-16-17-18-19-20-21-25-33-28(31)23-22-24-29(32)35-27(2)26-34-30(3,4)5/h27H,6-26H2,1-5H3. The molecule has 5 heteroatoms. The van der Waals surface area contributed by atoms with E-state index in [4.69, 9.17) is 14.2 Å². The fourth-order valence-corrected chi connectivity index (χ4v) is 3.97. The van der Waals surface area contributed by atoms with Crippen LogP contribution in [0, 0.1) is 0 Å². The number of esters is 2. The molecule has 208 valence electrons. The van der Waals surface area contributed by atoms with Crippen LogP contribution in [-0.2, 0) is 23.8 Å². The Hall–Kier alpha value is -1.10. The Labute approximate surface area is 217 Å². The van der Waals surface area contributed by atoms with Crippen molar-refractivity contribution in [2.45, 2.75) is 168 Å². The van der Waals surface area contributed by atoms with Gasteiger partial charge < -0.3 is 14.2 Å². The molecule has 1 unspecified atom stereocenters. The number of unbranched alkanes of at least 4 members (excludes halogenated alkanes) is 15. The van der Waals surface area contributed by atoms with Crippen LogP contribution in [0.3, 0.4) is 0 Å². The summed E-state index contributed by atoms with van der Waals surface area (Å²) in [5.74, 6) is -0.511. The zero-order valence-electron chi connectivity index (χ0n) is 24.0. The van der Waals surface area contributed by atoms with Gasteiger partial charge in [-0.2, -0.15) is 0 Å². The number of rotatable bonds is 24. The summed E-state index contributed by atoms with van der Waals surface area (Å²) in [7, 11) is 0. The van der Waals surface area contributed by atoms with Crippen molar-refractivity contribution in [2.24, 2.45) is 0 Å². The van der Waals surface area contributed by atoms with Gasteiger partial charge in [-0.15, -0.1) is 0 Å². The lowest BCUT2D eigenvalue weighted by molar-refractivity contribution is -0.154. The van der Waals surface area contributed by atoms with Crippen LogP contribution in [0.4, 0.5) is 0 Å². The number of hydrogen-bond donors (Lipinski definition) is 0. The molecule has 0 aliphatic carbocycles. The van der Waals surface area contributed by atoms with Crippen LogP contribution in [0.25, 0.3) is 0 Å². The molecule has 1 atom stereocenters. The van der Waals surface area contributed by atoms with E-state index in [1.54, 1.807) is 0 Å². The lowest BCUT2D eigenvalue weighted by atomic mass is 10.0. The molecule has 0 bridgehead atoms. The maximum Gasteiger partial charge on any atom is 0.306 e. The molecule has 0 amide bonds. The zero-order chi connectivity index (χ0) is 26.2. The van der Waals surface area contributed by atoms with Crippen LogP contribution >= 0.6 is 0 Å². The van der Waals surface area contributed by atoms with Crippen LogP contribution in [0.5, 0.6) is 0 Å². The van der Waals surface area contributed by atoms with Crippen LogP contribution < -0.4 is 0 Å². The van der Waals surface area contributed by atoms with Crippen LogP contribution in [0.2, 0.25) is 0 Å². The normalized spacial score (nSPS) is 12.5. The fourth-order valence-electron chi connectivity index (χ4n) is 3.97. The summed E-state index contributed by atoms with van der Waals surface area (Å²) >= 11 is 0. The van der Waals surface area contributed by atoms with E-state index in [0.29, 0.717) is 19.6 Å². The van der Waals surface area contributed by atoms with Crippen LogP contribution in [-0.4, -0.2) is 36.9 Å². The molecule has 0 saturated heterocycles. The van der Waals surface area contributed by atoms with Gasteiger partial charge in [0.25, 0.3) is 0 Å². The second-order valence-corrected chi connectivity index (χ2v) is 11.1. The largest absolute Gasteiger partial charge is 0.466 e. The van der Waals surface area contributed by atoms with E-state index >= 15 is 0 Å². The lowest BCUT2D eigenvalue weighted by Gasteiger charge is -2.22. The second-order valence-electron chi connectivity index (χ2n) is 11.1. The van der Waals surface area contributed by atoms with E-state index in [9.17, 15) is 9.59 Å². The molecule has 35 heavy (non-hydrogen) atoms. The van der Waals surface area contributed by atoms with E-state index in [-0.39, 0.29) is 36.5 Å². The van der Waals surface area contributed by atoms with Gasteiger partial charge in [-0.25, -0.2) is 0 Å². The van der Waals surface area contributed by atoms with Gasteiger partial charge in [0.15, 0.2) is 0 Å². The molecule has 5 nitrogen and oxygen atoms in total. The van der Waals surface area contributed by atoms with Gasteiger partial charge in [0.2, 0.25) is 0 Å². The van der Waals surface area contributed by atoms with E-state index in [2.05, 4.69) is 6.92 Å². The molecule has 0 spiro atoms. The lowest BCUT2D eigenvalue weighted by Crippen LogP contribution is -2.27. The first-order valence-corrected chi connectivity index (χ1v) is 14.7. The van der Waals surface area contributed by atoms with Crippen molar-refractivity contribution in [3.05, 3.63) is 0 Å². The molecule has 0 heterocycles. The highest BCUT2D eigenvalue weighted by atomic mass is 16.6. The predicted molar refractivity (Wildman–Crippen MR) is 146 cm³/mol. The topological polar surface area (TPSA) is 61.8 Å². The molecule has 0 N–H and O–H groups in total. The Morgan fingerprint density at radius 2 is 1.06 bits per heavy atom. The maximum absolute atomic E-state index is 11.9. The number of hydrogen-bond acceptors (Lipinski definition) is 5. The molecule has 0 aliphatic rings. The van der Waals surface area contributed by atoms with Gasteiger partial charge >= 0.3 is 11.9 Å². The molecule has 0 aromatic rings. The Morgan fingerprint density at radius 3 is 1.51 bits per heavy atom.